The average molecular weight is 336 g/mol. The number of H-pyrrole nitrogens is 1. The molecule has 0 fully saturated rings. The Hall–Kier alpha value is -1.55. The number of aromatic nitrogens is 3. The zero-order valence-electron chi connectivity index (χ0n) is 10.6. The molecule has 0 aliphatic heterocycles. The third kappa shape index (κ3) is 5.76. The van der Waals surface area contributed by atoms with Gasteiger partial charge in [0.1, 0.15) is 12.4 Å². The summed E-state index contributed by atoms with van der Waals surface area (Å²) in [5, 5.41) is 10.7. The largest absolute Gasteiger partial charge is 0.405 e. The smallest absolute Gasteiger partial charge is 0.346 e. The molecule has 0 aliphatic rings. The van der Waals surface area contributed by atoms with Gasteiger partial charge in [-0.1, -0.05) is 17.8 Å². The van der Waals surface area contributed by atoms with Crippen LogP contribution in [0.1, 0.15) is 10.7 Å². The van der Waals surface area contributed by atoms with Crippen molar-refractivity contribution < 1.29 is 18.0 Å². The fourth-order valence-electron chi connectivity index (χ4n) is 1.38. The highest BCUT2D eigenvalue weighted by Gasteiger charge is 2.27. The van der Waals surface area contributed by atoms with E-state index in [1.54, 1.807) is 16.7 Å². The Morgan fingerprint density at radius 2 is 2.29 bits per heavy atom. The van der Waals surface area contributed by atoms with Crippen LogP contribution in [0.4, 0.5) is 13.2 Å². The number of halogens is 3. The summed E-state index contributed by atoms with van der Waals surface area (Å²) < 4.78 is 35.7. The molecule has 0 saturated heterocycles. The Kier molecular flexibility index (Phi) is 5.23. The van der Waals surface area contributed by atoms with Gasteiger partial charge in [-0.25, -0.2) is 4.98 Å². The number of alkyl halides is 3. The fraction of sp³-hybridized carbons (Fsp3) is 0.364. The molecule has 2 aromatic heterocycles. The molecule has 114 valence electrons. The molecule has 0 aliphatic carbocycles. The van der Waals surface area contributed by atoms with Crippen LogP contribution in [0.15, 0.2) is 22.7 Å². The first kappa shape index (κ1) is 15.8. The van der Waals surface area contributed by atoms with Gasteiger partial charge in [0.2, 0.25) is 11.1 Å². The second kappa shape index (κ2) is 6.94. The minimum atomic E-state index is -4.40. The van der Waals surface area contributed by atoms with Crippen LogP contribution in [0, 0.1) is 0 Å². The van der Waals surface area contributed by atoms with E-state index in [2.05, 4.69) is 15.2 Å². The minimum Gasteiger partial charge on any atom is -0.346 e. The maximum Gasteiger partial charge on any atom is 0.405 e. The van der Waals surface area contributed by atoms with Gasteiger partial charge in [-0.3, -0.25) is 9.89 Å². The molecule has 5 nitrogen and oxygen atoms in total. The van der Waals surface area contributed by atoms with Crippen molar-refractivity contribution in [3.05, 3.63) is 28.2 Å². The molecule has 10 heteroatoms. The van der Waals surface area contributed by atoms with Gasteiger partial charge in [0.25, 0.3) is 0 Å². The summed E-state index contributed by atoms with van der Waals surface area (Å²) in [6, 6.07) is 3.89. The summed E-state index contributed by atoms with van der Waals surface area (Å²) in [6.45, 7) is -1.33. The predicted octanol–water partition coefficient (Wildman–Crippen LogP) is 2.23. The van der Waals surface area contributed by atoms with E-state index in [4.69, 9.17) is 0 Å². The number of thioether (sulfide) groups is 1. The van der Waals surface area contributed by atoms with Gasteiger partial charge in [0.05, 0.1) is 5.75 Å². The predicted molar refractivity (Wildman–Crippen MR) is 73.3 cm³/mol. The third-order valence-corrected chi connectivity index (χ3v) is 3.98. The lowest BCUT2D eigenvalue weighted by Crippen LogP contribution is -2.34. The highest BCUT2D eigenvalue weighted by atomic mass is 32.2. The number of nitrogens with zero attached hydrogens (tertiary/aromatic N) is 2. The maximum absolute atomic E-state index is 11.9. The van der Waals surface area contributed by atoms with Crippen molar-refractivity contribution in [3.8, 4) is 0 Å². The van der Waals surface area contributed by atoms with Gasteiger partial charge in [-0.2, -0.15) is 13.2 Å². The van der Waals surface area contributed by atoms with Gasteiger partial charge in [0, 0.05) is 11.3 Å². The first-order valence-corrected chi connectivity index (χ1v) is 7.69. The monoisotopic (exact) mass is 336 g/mol. The van der Waals surface area contributed by atoms with Crippen molar-refractivity contribution in [2.45, 2.75) is 17.8 Å². The van der Waals surface area contributed by atoms with Gasteiger partial charge in [-0.15, -0.1) is 16.4 Å². The van der Waals surface area contributed by atoms with E-state index in [0.717, 1.165) is 16.6 Å². The second-order valence-corrected chi connectivity index (χ2v) is 5.98. The van der Waals surface area contributed by atoms with Gasteiger partial charge >= 0.3 is 6.18 Å². The lowest BCUT2D eigenvalue weighted by Gasteiger charge is -2.07. The van der Waals surface area contributed by atoms with Gasteiger partial charge < -0.3 is 5.32 Å². The summed E-state index contributed by atoms with van der Waals surface area (Å²) in [6.07, 6.45) is -3.80. The molecule has 0 atom stereocenters. The molecule has 1 amide bonds. The molecular formula is C11H11F3N4OS2. The lowest BCUT2D eigenvalue weighted by molar-refractivity contribution is -0.136. The van der Waals surface area contributed by atoms with E-state index < -0.39 is 18.6 Å². The zero-order valence-corrected chi connectivity index (χ0v) is 12.2. The normalized spacial score (nSPS) is 11.6. The molecule has 2 aromatic rings. The lowest BCUT2D eigenvalue weighted by atomic mass is 10.3. The van der Waals surface area contributed by atoms with Crippen molar-refractivity contribution in [1.82, 2.24) is 20.5 Å². The minimum absolute atomic E-state index is 0.160. The number of hydrogen-bond donors (Lipinski definition) is 2. The van der Waals surface area contributed by atoms with Crippen molar-refractivity contribution in [3.63, 3.8) is 0 Å². The Bertz CT molecular complexity index is 583. The van der Waals surface area contributed by atoms with Crippen molar-refractivity contribution in [2.24, 2.45) is 0 Å². The number of carbonyl (C=O) groups is 1. The maximum atomic E-state index is 11.9. The van der Waals surface area contributed by atoms with Crippen LogP contribution >= 0.6 is 23.1 Å². The first-order valence-electron chi connectivity index (χ1n) is 5.82. The molecule has 21 heavy (non-hydrogen) atoms. The van der Waals surface area contributed by atoms with E-state index in [0.29, 0.717) is 17.4 Å². The van der Waals surface area contributed by atoms with E-state index in [9.17, 15) is 18.0 Å². The van der Waals surface area contributed by atoms with Crippen LogP contribution in [0.5, 0.6) is 0 Å². The quantitative estimate of drug-likeness (QED) is 0.794. The number of nitrogens with one attached hydrogen (secondary N) is 2. The van der Waals surface area contributed by atoms with Crippen molar-refractivity contribution in [1.29, 1.82) is 0 Å². The first-order chi connectivity index (χ1) is 9.92. The van der Waals surface area contributed by atoms with Crippen LogP contribution in [0.2, 0.25) is 0 Å². The van der Waals surface area contributed by atoms with E-state index in [1.807, 2.05) is 17.5 Å². The molecule has 0 unspecified atom stereocenters. The zero-order chi connectivity index (χ0) is 15.3. The number of thiophene rings is 1. The molecule has 2 heterocycles. The molecular weight excluding hydrogens is 325 g/mol. The number of carbonyl (C=O) groups excluding carboxylic acids is 1. The number of hydrogen-bond acceptors (Lipinski definition) is 5. The number of rotatable bonds is 6. The van der Waals surface area contributed by atoms with Crippen LogP contribution in [-0.4, -0.2) is 39.6 Å². The Morgan fingerprint density at radius 1 is 1.48 bits per heavy atom. The summed E-state index contributed by atoms with van der Waals surface area (Å²) >= 11 is 2.57. The summed E-state index contributed by atoms with van der Waals surface area (Å²) in [4.78, 5) is 16.5. The average Bonchev–Trinajstić information content (AvgIpc) is 3.05. The Balaban J connectivity index is 1.76. The summed E-state index contributed by atoms with van der Waals surface area (Å²) in [5.74, 6) is -0.218. The second-order valence-electron chi connectivity index (χ2n) is 4.00. The molecule has 0 aromatic carbocycles. The standard InChI is InChI=1S/C11H11F3N4OS2/c12-11(13,14)6-15-9(19)5-21-10-16-8(17-18-10)4-7-2-1-3-20-7/h1-3H,4-6H2,(H,15,19)(H,16,17,18). The van der Waals surface area contributed by atoms with Crippen LogP contribution in [0.25, 0.3) is 0 Å². The highest BCUT2D eigenvalue weighted by molar-refractivity contribution is 7.99. The van der Waals surface area contributed by atoms with Crippen molar-refractivity contribution >= 4 is 29.0 Å². The van der Waals surface area contributed by atoms with Crippen LogP contribution in [0.3, 0.4) is 0 Å². The van der Waals surface area contributed by atoms with Crippen LogP contribution in [-0.2, 0) is 11.2 Å². The van der Waals surface area contributed by atoms with E-state index in [1.165, 1.54) is 0 Å². The Labute approximate surface area is 126 Å². The van der Waals surface area contributed by atoms with Crippen molar-refractivity contribution in [2.75, 3.05) is 12.3 Å². The summed E-state index contributed by atoms with van der Waals surface area (Å²) in [5.41, 5.74) is 0. The molecule has 0 spiro atoms. The molecule has 0 bridgehead atoms. The summed E-state index contributed by atoms with van der Waals surface area (Å²) in [7, 11) is 0. The van der Waals surface area contributed by atoms with Gasteiger partial charge in [0.15, 0.2) is 0 Å². The number of amides is 1. The topological polar surface area (TPSA) is 70.7 Å². The number of aromatic amines is 1. The molecule has 0 saturated carbocycles. The van der Waals surface area contributed by atoms with Gasteiger partial charge in [-0.05, 0) is 11.4 Å². The van der Waals surface area contributed by atoms with E-state index >= 15 is 0 Å². The Morgan fingerprint density at radius 3 is 2.95 bits per heavy atom. The SMILES string of the molecule is O=C(CSc1n[nH]c(Cc2cccs2)n1)NCC(F)(F)F. The fourth-order valence-corrected chi connectivity index (χ4v) is 2.74. The highest BCUT2D eigenvalue weighted by Crippen LogP contribution is 2.16. The molecule has 0 radical (unpaired) electrons. The molecule has 2 rings (SSSR count). The third-order valence-electron chi connectivity index (χ3n) is 2.25. The van der Waals surface area contributed by atoms with Crippen LogP contribution < -0.4 is 5.32 Å². The molecule has 2 N–H and O–H groups in total. The van der Waals surface area contributed by atoms with E-state index in [-0.39, 0.29) is 5.75 Å².